The Kier molecular flexibility index (Phi) is 10.5. The molecule has 0 N–H and O–H groups in total. The fraction of sp³-hybridized carbons (Fsp3) is 0.375. The van der Waals surface area contributed by atoms with Gasteiger partial charge in [0.15, 0.2) is 11.6 Å². The molecule has 278 valence electrons. The summed E-state index contributed by atoms with van der Waals surface area (Å²) in [5.41, 5.74) is 6.87. The maximum Gasteiger partial charge on any atom is 0.186 e. The predicted molar refractivity (Wildman–Crippen MR) is 217 cm³/mol. The lowest BCUT2D eigenvalue weighted by Crippen LogP contribution is -2.28. The third-order valence-corrected chi connectivity index (χ3v) is 9.84. The van der Waals surface area contributed by atoms with Crippen molar-refractivity contribution in [1.82, 2.24) is 0 Å². The molecule has 0 saturated heterocycles. The molecule has 0 unspecified atom stereocenters. The molecule has 0 atom stereocenters. The molecule has 0 saturated carbocycles. The van der Waals surface area contributed by atoms with Crippen LogP contribution in [0.3, 0.4) is 0 Å². The van der Waals surface area contributed by atoms with Gasteiger partial charge < -0.3 is 13.9 Å². The zero-order valence-corrected chi connectivity index (χ0v) is 34.1. The summed E-state index contributed by atoms with van der Waals surface area (Å²) in [6, 6.07) is 19.9. The van der Waals surface area contributed by atoms with Crippen molar-refractivity contribution in [3.05, 3.63) is 141 Å². The van der Waals surface area contributed by atoms with E-state index >= 15 is 0 Å². The number of furan rings is 1. The highest BCUT2D eigenvalue weighted by Crippen LogP contribution is 2.45. The molecule has 1 aromatic heterocycles. The highest BCUT2D eigenvalue weighted by molar-refractivity contribution is 6.13. The Morgan fingerprint density at radius 1 is 0.434 bits per heavy atom. The van der Waals surface area contributed by atoms with E-state index in [1.165, 1.54) is 0 Å². The van der Waals surface area contributed by atoms with Crippen LogP contribution in [0.1, 0.15) is 106 Å². The second-order valence-corrected chi connectivity index (χ2v) is 18.2. The lowest BCUT2D eigenvalue weighted by molar-refractivity contribution is -0.114. The summed E-state index contributed by atoms with van der Waals surface area (Å²) in [4.78, 5) is 28.0. The monoisotopic (exact) mass is 712 g/mol. The number of carbonyl (C=O) groups excluding carboxylic acids is 2. The lowest BCUT2D eigenvalue weighted by atomic mass is 9.71. The van der Waals surface area contributed by atoms with Crippen molar-refractivity contribution in [3.8, 4) is 11.5 Å². The Morgan fingerprint density at radius 2 is 0.698 bits per heavy atom. The molecule has 5 heteroatoms. The van der Waals surface area contributed by atoms with Gasteiger partial charge in [0.25, 0.3) is 0 Å². The molecule has 0 amide bonds. The van der Waals surface area contributed by atoms with E-state index in [0.29, 0.717) is 11.5 Å². The molecule has 0 bridgehead atoms. The topological polar surface area (TPSA) is 65.7 Å². The average Bonchev–Trinajstić information content (AvgIpc) is 3.53. The Labute approximate surface area is 316 Å². The number of Topliss-reactive ketones (excluding diaryl/α,β-unsaturated/α-hetero) is 2. The van der Waals surface area contributed by atoms with Gasteiger partial charge in [-0.2, -0.15) is 0 Å². The number of methoxy groups -OCH3 is 2. The minimum absolute atomic E-state index is 0.0733. The van der Waals surface area contributed by atoms with Gasteiger partial charge >= 0.3 is 0 Å². The van der Waals surface area contributed by atoms with E-state index in [0.717, 1.165) is 67.2 Å². The van der Waals surface area contributed by atoms with E-state index in [1.807, 2.05) is 85.0 Å². The maximum atomic E-state index is 14.0. The van der Waals surface area contributed by atoms with E-state index in [2.05, 4.69) is 83.1 Å². The lowest BCUT2D eigenvalue weighted by Gasteiger charge is -2.32. The molecular formula is C48H56O5. The standard InChI is InChI=1S/C48H56O5/c1-45(2,3)35-25-31(26-36(43(35)49)46(4,5)6)41(29-15-19-33(51-13)20-16-29)39-23-24-40(53-39)42(30-17-21-34(52-14)22-18-30)32-27-37(47(7,8)9)44(50)38(28-32)48(10,11)12/h15-28H,1-14H3. The number of hydrogen-bond donors (Lipinski definition) is 0. The van der Waals surface area contributed by atoms with Crippen molar-refractivity contribution >= 4 is 22.7 Å². The van der Waals surface area contributed by atoms with Gasteiger partial charge in [-0.25, -0.2) is 0 Å². The average molecular weight is 713 g/mol. The number of allylic oxidation sites excluding steroid dienone is 10. The second-order valence-electron chi connectivity index (χ2n) is 18.2. The van der Waals surface area contributed by atoms with Crippen molar-refractivity contribution in [2.24, 2.45) is 21.7 Å². The van der Waals surface area contributed by atoms with Crippen molar-refractivity contribution < 1.29 is 23.5 Å². The highest BCUT2D eigenvalue weighted by atomic mass is 16.5. The second kappa shape index (κ2) is 14.2. The first-order chi connectivity index (χ1) is 24.5. The number of benzene rings is 2. The van der Waals surface area contributed by atoms with Crippen LogP contribution in [0.4, 0.5) is 0 Å². The Balaban J connectivity index is 1.87. The van der Waals surface area contributed by atoms with Gasteiger partial charge in [0.1, 0.15) is 23.0 Å². The molecule has 0 aliphatic heterocycles. The zero-order valence-electron chi connectivity index (χ0n) is 34.1. The van der Waals surface area contributed by atoms with Crippen LogP contribution in [-0.4, -0.2) is 25.8 Å². The number of ketones is 2. The first kappa shape index (κ1) is 39.3. The molecule has 1 heterocycles. The maximum absolute atomic E-state index is 14.0. The Bertz CT molecular complexity index is 1880. The van der Waals surface area contributed by atoms with Gasteiger partial charge in [-0.05, 0) is 105 Å². The summed E-state index contributed by atoms with van der Waals surface area (Å²) in [6.45, 7) is 25.0. The minimum atomic E-state index is -0.384. The van der Waals surface area contributed by atoms with Gasteiger partial charge in [0.05, 0.1) is 14.2 Å². The van der Waals surface area contributed by atoms with Crippen molar-refractivity contribution in [1.29, 1.82) is 0 Å². The fourth-order valence-corrected chi connectivity index (χ4v) is 6.80. The zero-order chi connectivity index (χ0) is 39.3. The van der Waals surface area contributed by atoms with Gasteiger partial charge in [-0.1, -0.05) is 107 Å². The van der Waals surface area contributed by atoms with E-state index in [4.69, 9.17) is 13.9 Å². The summed E-state index contributed by atoms with van der Waals surface area (Å²) >= 11 is 0. The van der Waals surface area contributed by atoms with Crippen molar-refractivity contribution in [2.75, 3.05) is 14.2 Å². The SMILES string of the molecule is COc1ccc(C(=C2C=C(C(C)(C)C)C(=O)C(C(C)(C)C)=C2)c2ccc(C(=C3C=C(C(C)(C)C)C(=O)C(C(C)(C)C)=C3)c3ccc(OC)cc3)o2)cc1. The molecule has 5 rings (SSSR count). The molecule has 0 fully saturated rings. The largest absolute Gasteiger partial charge is 0.497 e. The first-order valence-corrected chi connectivity index (χ1v) is 18.4. The molecule has 3 aromatic rings. The van der Waals surface area contributed by atoms with Crippen LogP contribution < -0.4 is 9.47 Å². The van der Waals surface area contributed by atoms with Gasteiger partial charge in [0.2, 0.25) is 0 Å². The van der Waals surface area contributed by atoms with Gasteiger partial charge in [0, 0.05) is 33.4 Å². The first-order valence-electron chi connectivity index (χ1n) is 18.4. The molecule has 0 spiro atoms. The van der Waals surface area contributed by atoms with Crippen LogP contribution in [0.15, 0.2) is 123 Å². The van der Waals surface area contributed by atoms with E-state index in [-0.39, 0.29) is 33.2 Å². The summed E-state index contributed by atoms with van der Waals surface area (Å²) in [5.74, 6) is 2.95. The number of hydrogen-bond acceptors (Lipinski definition) is 5. The summed E-state index contributed by atoms with van der Waals surface area (Å²) in [7, 11) is 3.31. The fourth-order valence-electron chi connectivity index (χ4n) is 6.80. The van der Waals surface area contributed by atoms with Crippen molar-refractivity contribution in [2.45, 2.75) is 83.1 Å². The normalized spacial score (nSPS) is 15.8. The van der Waals surface area contributed by atoms with Crippen LogP contribution in [0, 0.1) is 21.7 Å². The molecular weight excluding hydrogens is 657 g/mol. The molecule has 2 aliphatic rings. The van der Waals surface area contributed by atoms with E-state index in [9.17, 15) is 9.59 Å². The molecule has 0 radical (unpaired) electrons. The molecule has 5 nitrogen and oxygen atoms in total. The Morgan fingerprint density at radius 3 is 0.925 bits per heavy atom. The predicted octanol–water partition coefficient (Wildman–Crippen LogP) is 12.0. The molecule has 2 aliphatic carbocycles. The van der Waals surface area contributed by atoms with E-state index in [1.54, 1.807) is 14.2 Å². The summed E-state index contributed by atoms with van der Waals surface area (Å²) in [6.07, 6.45) is 8.13. The highest BCUT2D eigenvalue weighted by Gasteiger charge is 2.37. The van der Waals surface area contributed by atoms with E-state index < -0.39 is 0 Å². The smallest absolute Gasteiger partial charge is 0.186 e. The van der Waals surface area contributed by atoms with Crippen LogP contribution in [-0.2, 0) is 9.59 Å². The van der Waals surface area contributed by atoms with Gasteiger partial charge in [-0.3, -0.25) is 9.59 Å². The number of carbonyl (C=O) groups is 2. The summed E-state index contributed by atoms with van der Waals surface area (Å²) in [5, 5.41) is 0. The number of ether oxygens (including phenoxy) is 2. The number of rotatable bonds is 6. The quantitative estimate of drug-likeness (QED) is 0.255. The van der Waals surface area contributed by atoms with Crippen molar-refractivity contribution in [3.63, 3.8) is 0 Å². The minimum Gasteiger partial charge on any atom is -0.497 e. The molecule has 2 aromatic carbocycles. The van der Waals surface area contributed by atoms with Crippen LogP contribution >= 0.6 is 0 Å². The van der Waals surface area contributed by atoms with Crippen LogP contribution in [0.2, 0.25) is 0 Å². The van der Waals surface area contributed by atoms with Crippen LogP contribution in [0.25, 0.3) is 11.1 Å². The molecule has 53 heavy (non-hydrogen) atoms. The van der Waals surface area contributed by atoms with Crippen LogP contribution in [0.5, 0.6) is 11.5 Å². The summed E-state index contributed by atoms with van der Waals surface area (Å²) < 4.78 is 18.0. The third-order valence-electron chi connectivity index (χ3n) is 9.84. The van der Waals surface area contributed by atoms with Gasteiger partial charge in [-0.15, -0.1) is 0 Å². The Hall–Kier alpha value is -4.90. The third kappa shape index (κ3) is 8.20.